The number of nitrogens with zero attached hydrogens (tertiary/aromatic N) is 1. The molecule has 0 aliphatic carbocycles. The van der Waals surface area contributed by atoms with Crippen LogP contribution < -0.4 is 15.9 Å². The second-order valence-corrected chi connectivity index (χ2v) is 11.3. The van der Waals surface area contributed by atoms with Crippen molar-refractivity contribution in [3.05, 3.63) is 133 Å². The normalized spacial score (nSPS) is 13.8. The SMILES string of the molecule is S=C1OC(C=Cc2ccccc2)=NC1=P(c1ccccc1)(c1ccccc1)c1ccccc1. The fourth-order valence-electron chi connectivity index (χ4n) is 4.10. The molecule has 1 aliphatic heterocycles. The van der Waals surface area contributed by atoms with E-state index in [1.54, 1.807) is 0 Å². The minimum atomic E-state index is -2.36. The Labute approximate surface area is 199 Å². The molecule has 0 saturated carbocycles. The molecular formula is C29H22NOPS. The van der Waals surface area contributed by atoms with Crippen molar-refractivity contribution in [1.29, 1.82) is 0 Å². The maximum Gasteiger partial charge on any atom is 0.221 e. The highest BCUT2D eigenvalue weighted by Crippen LogP contribution is 2.47. The summed E-state index contributed by atoms with van der Waals surface area (Å²) < 4.78 is 6.05. The van der Waals surface area contributed by atoms with Crippen molar-refractivity contribution >= 4 is 57.5 Å². The highest BCUT2D eigenvalue weighted by atomic mass is 32.1. The fraction of sp³-hybridized carbons (Fsp3) is 0. The van der Waals surface area contributed by atoms with E-state index in [-0.39, 0.29) is 0 Å². The summed E-state index contributed by atoms with van der Waals surface area (Å²) in [5, 5.41) is 4.02. The van der Waals surface area contributed by atoms with Crippen LogP contribution in [0.2, 0.25) is 0 Å². The second-order valence-electron chi connectivity index (χ2n) is 7.58. The number of benzene rings is 4. The minimum absolute atomic E-state index is 0.438. The van der Waals surface area contributed by atoms with Gasteiger partial charge in [0.1, 0.15) is 5.42 Å². The molecule has 0 bridgehead atoms. The van der Waals surface area contributed by atoms with Gasteiger partial charge in [-0.1, -0.05) is 121 Å². The Morgan fingerprint density at radius 1 is 0.576 bits per heavy atom. The van der Waals surface area contributed by atoms with Crippen LogP contribution in [0.5, 0.6) is 0 Å². The van der Waals surface area contributed by atoms with Crippen molar-refractivity contribution in [1.82, 2.24) is 0 Å². The largest absolute Gasteiger partial charge is 0.425 e. The number of rotatable bonds is 5. The molecule has 4 aromatic rings. The van der Waals surface area contributed by atoms with Gasteiger partial charge in [-0.3, -0.25) is 0 Å². The Hall–Kier alpha value is -3.52. The lowest BCUT2D eigenvalue weighted by molar-refractivity contribution is 0.587. The molecule has 0 fully saturated rings. The van der Waals surface area contributed by atoms with E-state index in [4.69, 9.17) is 21.9 Å². The quantitative estimate of drug-likeness (QED) is 0.285. The average molecular weight is 464 g/mol. The van der Waals surface area contributed by atoms with Crippen molar-refractivity contribution < 1.29 is 4.74 Å². The van der Waals surface area contributed by atoms with Crippen molar-refractivity contribution in [2.75, 3.05) is 0 Å². The zero-order chi connectivity index (χ0) is 22.5. The first-order valence-electron chi connectivity index (χ1n) is 10.8. The Morgan fingerprint density at radius 2 is 1.00 bits per heavy atom. The van der Waals surface area contributed by atoms with E-state index in [0.29, 0.717) is 10.9 Å². The molecule has 33 heavy (non-hydrogen) atoms. The van der Waals surface area contributed by atoms with E-state index in [1.807, 2.05) is 60.7 Å². The molecule has 5 rings (SSSR count). The summed E-state index contributed by atoms with van der Waals surface area (Å²) in [7, 11) is 0. The first kappa shape index (κ1) is 21.3. The van der Waals surface area contributed by atoms with E-state index in [1.165, 1.54) is 15.9 Å². The molecule has 1 heterocycles. The van der Waals surface area contributed by atoms with E-state index in [0.717, 1.165) is 11.0 Å². The molecule has 0 aromatic heterocycles. The summed E-state index contributed by atoms with van der Waals surface area (Å²) in [5.41, 5.74) is 1.91. The van der Waals surface area contributed by atoms with Gasteiger partial charge in [0.05, 0.1) is 0 Å². The van der Waals surface area contributed by atoms with Gasteiger partial charge < -0.3 is 4.74 Å². The number of hydrogen-bond acceptors (Lipinski definition) is 2. The van der Waals surface area contributed by atoms with E-state index in [2.05, 4.69) is 72.8 Å². The Balaban J connectivity index is 1.81. The average Bonchev–Trinajstić information content (AvgIpc) is 3.26. The zero-order valence-electron chi connectivity index (χ0n) is 17.9. The van der Waals surface area contributed by atoms with Gasteiger partial charge in [0.25, 0.3) is 0 Å². The molecule has 0 amide bonds. The molecule has 4 heteroatoms. The van der Waals surface area contributed by atoms with Gasteiger partial charge in [0, 0.05) is 13.0 Å². The monoisotopic (exact) mass is 463 g/mol. The van der Waals surface area contributed by atoms with Gasteiger partial charge in [-0.25, -0.2) is 4.99 Å². The van der Waals surface area contributed by atoms with Crippen LogP contribution in [0.1, 0.15) is 5.56 Å². The highest BCUT2D eigenvalue weighted by molar-refractivity contribution is 7.98. The van der Waals surface area contributed by atoms with Crippen molar-refractivity contribution in [2.45, 2.75) is 0 Å². The fourth-order valence-corrected chi connectivity index (χ4v) is 8.69. The lowest BCUT2D eigenvalue weighted by atomic mass is 10.2. The maximum absolute atomic E-state index is 6.05. The van der Waals surface area contributed by atoms with Crippen molar-refractivity contribution in [3.63, 3.8) is 0 Å². The highest BCUT2D eigenvalue weighted by Gasteiger charge is 2.35. The smallest absolute Gasteiger partial charge is 0.221 e. The summed E-state index contributed by atoms with van der Waals surface area (Å²) in [5.74, 6) is 0.519. The molecule has 1 aliphatic rings. The van der Waals surface area contributed by atoms with Crippen LogP contribution in [-0.2, 0) is 4.74 Å². The van der Waals surface area contributed by atoms with Crippen LogP contribution >= 0.6 is 19.1 Å². The molecule has 0 spiro atoms. The number of thiocarbonyl (C=S) groups is 1. The Morgan fingerprint density at radius 3 is 1.45 bits per heavy atom. The maximum atomic E-state index is 6.05. The topological polar surface area (TPSA) is 21.6 Å². The molecule has 0 N–H and O–H groups in total. The predicted molar refractivity (Wildman–Crippen MR) is 147 cm³/mol. The Kier molecular flexibility index (Phi) is 6.17. The van der Waals surface area contributed by atoms with Crippen LogP contribution in [0.4, 0.5) is 0 Å². The Bertz CT molecular complexity index is 1280. The van der Waals surface area contributed by atoms with E-state index >= 15 is 0 Å². The van der Waals surface area contributed by atoms with Gasteiger partial charge in [-0.2, -0.15) is 0 Å². The molecule has 160 valence electrons. The van der Waals surface area contributed by atoms with E-state index < -0.39 is 6.89 Å². The summed E-state index contributed by atoms with van der Waals surface area (Å²) in [4.78, 5) is 5.02. The van der Waals surface area contributed by atoms with Crippen LogP contribution in [0.15, 0.2) is 132 Å². The van der Waals surface area contributed by atoms with E-state index in [9.17, 15) is 0 Å². The van der Waals surface area contributed by atoms with Crippen LogP contribution in [0.3, 0.4) is 0 Å². The van der Waals surface area contributed by atoms with Gasteiger partial charge >= 0.3 is 0 Å². The number of hydrogen-bond donors (Lipinski definition) is 0. The third-order valence-electron chi connectivity index (χ3n) is 5.56. The minimum Gasteiger partial charge on any atom is -0.425 e. The molecule has 0 atom stereocenters. The van der Waals surface area contributed by atoms with Crippen LogP contribution in [-0.4, -0.2) is 16.4 Å². The number of aliphatic imine (C=N–C) groups is 1. The molecule has 0 saturated heterocycles. The van der Waals surface area contributed by atoms with Crippen molar-refractivity contribution in [2.24, 2.45) is 4.99 Å². The zero-order valence-corrected chi connectivity index (χ0v) is 19.6. The van der Waals surface area contributed by atoms with Gasteiger partial charge in [-0.05, 0) is 39.8 Å². The standard InChI is InChI=1S/C29H22NOPS/c33-29-28(30-27(31-29)22-21-23-13-5-1-6-14-23)32(24-15-7-2-8-16-24,25-17-9-3-10-18-25)26-19-11-4-12-20-26/h1-22H. The molecular weight excluding hydrogens is 441 g/mol. The second kappa shape index (κ2) is 9.54. The third kappa shape index (κ3) is 4.14. The summed E-state index contributed by atoms with van der Waals surface area (Å²) in [6.07, 6.45) is 3.89. The first-order chi connectivity index (χ1) is 16.3. The lowest BCUT2D eigenvalue weighted by Gasteiger charge is -2.29. The molecule has 0 unspecified atom stereocenters. The first-order valence-corrected chi connectivity index (χ1v) is 13.0. The predicted octanol–water partition coefficient (Wildman–Crippen LogP) is 5.58. The summed E-state index contributed by atoms with van der Waals surface area (Å²) in [6.45, 7) is -2.36. The van der Waals surface area contributed by atoms with Crippen LogP contribution in [0, 0.1) is 0 Å². The molecule has 4 aromatic carbocycles. The van der Waals surface area contributed by atoms with Gasteiger partial charge in [0.15, 0.2) is 0 Å². The van der Waals surface area contributed by atoms with Crippen molar-refractivity contribution in [3.8, 4) is 0 Å². The molecule has 2 nitrogen and oxygen atoms in total. The molecule has 0 radical (unpaired) electrons. The third-order valence-corrected chi connectivity index (χ3v) is 10.1. The number of ether oxygens (including phenoxy) is 1. The summed E-state index contributed by atoms with van der Waals surface area (Å²) >= 11 is 5.82. The lowest BCUT2D eigenvalue weighted by Crippen LogP contribution is -2.31. The van der Waals surface area contributed by atoms with Gasteiger partial charge in [0.2, 0.25) is 10.9 Å². The van der Waals surface area contributed by atoms with Gasteiger partial charge in [-0.15, -0.1) is 0 Å². The van der Waals surface area contributed by atoms with Crippen LogP contribution in [0.25, 0.3) is 6.08 Å². The summed E-state index contributed by atoms with van der Waals surface area (Å²) in [6, 6.07) is 41.8.